The Morgan fingerprint density at radius 1 is 1.42 bits per heavy atom. The van der Waals surface area contributed by atoms with Gasteiger partial charge in [-0.15, -0.1) is 0 Å². The van der Waals surface area contributed by atoms with E-state index >= 15 is 0 Å². The van der Waals surface area contributed by atoms with Crippen molar-refractivity contribution in [2.45, 2.75) is 52.6 Å². The Hall–Kier alpha value is -0.0400. The molecule has 0 aromatic carbocycles. The normalized spacial score (nSPS) is 31.2. The molecule has 12 heavy (non-hydrogen) atoms. The molecule has 1 aliphatic rings. The van der Waals surface area contributed by atoms with E-state index in [-0.39, 0.29) is 0 Å². The summed E-state index contributed by atoms with van der Waals surface area (Å²) in [6.45, 7) is 7.67. The molecular weight excluding hydrogens is 148 g/mol. The predicted octanol–water partition coefficient (Wildman–Crippen LogP) is 3.24. The lowest BCUT2D eigenvalue weighted by Gasteiger charge is -2.34. The first-order valence-electron chi connectivity index (χ1n) is 5.35. The molecule has 0 heterocycles. The fourth-order valence-electron chi connectivity index (χ4n) is 1.70. The average Bonchev–Trinajstić information content (AvgIpc) is 2.09. The first-order valence-corrected chi connectivity index (χ1v) is 5.35. The van der Waals surface area contributed by atoms with Gasteiger partial charge in [0, 0.05) is 6.61 Å². The van der Waals surface area contributed by atoms with Gasteiger partial charge < -0.3 is 4.74 Å². The summed E-state index contributed by atoms with van der Waals surface area (Å²) in [5.41, 5.74) is 0. The van der Waals surface area contributed by atoms with Crippen LogP contribution in [0.5, 0.6) is 0 Å². The van der Waals surface area contributed by atoms with Crippen molar-refractivity contribution < 1.29 is 4.74 Å². The summed E-state index contributed by atoms with van der Waals surface area (Å²) in [4.78, 5) is 0. The Bertz CT molecular complexity index is 122. The molecule has 1 heteroatoms. The van der Waals surface area contributed by atoms with Crippen LogP contribution in [-0.2, 0) is 4.74 Å². The van der Waals surface area contributed by atoms with E-state index < -0.39 is 0 Å². The molecule has 0 radical (unpaired) electrons. The van der Waals surface area contributed by atoms with E-state index in [1.165, 1.54) is 19.3 Å². The summed E-state index contributed by atoms with van der Waals surface area (Å²) in [6.07, 6.45) is 5.76. The third-order valence-electron chi connectivity index (χ3n) is 3.26. The highest BCUT2D eigenvalue weighted by Crippen LogP contribution is 2.35. The molecule has 1 rings (SSSR count). The van der Waals surface area contributed by atoms with Crippen molar-refractivity contribution in [2.24, 2.45) is 11.8 Å². The third kappa shape index (κ3) is 2.78. The summed E-state index contributed by atoms with van der Waals surface area (Å²) in [5, 5.41) is 0. The molecule has 3 atom stereocenters. The monoisotopic (exact) mass is 170 g/mol. The van der Waals surface area contributed by atoms with Gasteiger partial charge in [0.15, 0.2) is 0 Å². The predicted molar refractivity (Wildman–Crippen MR) is 52.2 cm³/mol. The second-order valence-electron chi connectivity index (χ2n) is 4.19. The smallest absolute Gasteiger partial charge is 0.0544 e. The molecule has 1 saturated carbocycles. The first kappa shape index (κ1) is 10.0. The number of hydrogen-bond acceptors (Lipinski definition) is 1. The van der Waals surface area contributed by atoms with Crippen LogP contribution in [0, 0.1) is 11.8 Å². The number of hydrogen-bond donors (Lipinski definition) is 0. The SMILES string of the molecule is CCC(C)OCCC1CCC1C. The third-order valence-corrected chi connectivity index (χ3v) is 3.26. The molecule has 1 nitrogen and oxygen atoms in total. The Labute approximate surface area is 76.5 Å². The molecule has 0 spiro atoms. The fourth-order valence-corrected chi connectivity index (χ4v) is 1.70. The standard InChI is InChI=1S/C11H22O/c1-4-10(3)12-8-7-11-6-5-9(11)2/h9-11H,4-8H2,1-3H3. The second-order valence-corrected chi connectivity index (χ2v) is 4.19. The molecule has 1 fully saturated rings. The first-order chi connectivity index (χ1) is 5.74. The van der Waals surface area contributed by atoms with E-state index in [9.17, 15) is 0 Å². The van der Waals surface area contributed by atoms with Crippen molar-refractivity contribution in [3.05, 3.63) is 0 Å². The van der Waals surface area contributed by atoms with E-state index in [0.717, 1.165) is 24.9 Å². The molecule has 3 unspecified atom stereocenters. The maximum Gasteiger partial charge on any atom is 0.0544 e. The van der Waals surface area contributed by atoms with Gasteiger partial charge in [-0.25, -0.2) is 0 Å². The van der Waals surface area contributed by atoms with E-state index in [2.05, 4.69) is 20.8 Å². The van der Waals surface area contributed by atoms with Crippen LogP contribution in [0.4, 0.5) is 0 Å². The number of ether oxygens (including phenoxy) is 1. The van der Waals surface area contributed by atoms with Crippen LogP contribution < -0.4 is 0 Å². The minimum atomic E-state index is 0.459. The highest BCUT2D eigenvalue weighted by Gasteiger charge is 2.25. The highest BCUT2D eigenvalue weighted by molar-refractivity contribution is 4.76. The zero-order chi connectivity index (χ0) is 8.97. The van der Waals surface area contributed by atoms with E-state index in [1.807, 2.05) is 0 Å². The van der Waals surface area contributed by atoms with Gasteiger partial charge in [0.05, 0.1) is 6.10 Å². The Morgan fingerprint density at radius 3 is 2.58 bits per heavy atom. The lowest BCUT2D eigenvalue weighted by molar-refractivity contribution is 0.0365. The van der Waals surface area contributed by atoms with E-state index in [1.54, 1.807) is 0 Å². The minimum absolute atomic E-state index is 0.459. The topological polar surface area (TPSA) is 9.23 Å². The van der Waals surface area contributed by atoms with Crippen molar-refractivity contribution in [3.8, 4) is 0 Å². The second kappa shape index (κ2) is 4.86. The molecule has 0 aromatic heterocycles. The molecule has 0 saturated heterocycles. The average molecular weight is 170 g/mol. The van der Waals surface area contributed by atoms with Crippen LogP contribution in [0.2, 0.25) is 0 Å². The van der Waals surface area contributed by atoms with Gasteiger partial charge in [-0.05, 0) is 38.0 Å². The zero-order valence-electron chi connectivity index (χ0n) is 8.68. The van der Waals surface area contributed by atoms with Crippen LogP contribution in [0.3, 0.4) is 0 Å². The van der Waals surface area contributed by atoms with Crippen LogP contribution in [0.15, 0.2) is 0 Å². The minimum Gasteiger partial charge on any atom is -0.379 e. The molecule has 72 valence electrons. The van der Waals surface area contributed by atoms with Gasteiger partial charge in [0.1, 0.15) is 0 Å². The highest BCUT2D eigenvalue weighted by atomic mass is 16.5. The largest absolute Gasteiger partial charge is 0.379 e. The molecular formula is C11H22O. The van der Waals surface area contributed by atoms with Crippen molar-refractivity contribution in [1.82, 2.24) is 0 Å². The van der Waals surface area contributed by atoms with Gasteiger partial charge in [-0.3, -0.25) is 0 Å². The van der Waals surface area contributed by atoms with Crippen molar-refractivity contribution in [3.63, 3.8) is 0 Å². The summed E-state index contributed by atoms with van der Waals surface area (Å²) in [7, 11) is 0. The molecule has 0 amide bonds. The van der Waals surface area contributed by atoms with Crippen molar-refractivity contribution in [2.75, 3.05) is 6.61 Å². The van der Waals surface area contributed by atoms with Crippen LogP contribution in [0.25, 0.3) is 0 Å². The van der Waals surface area contributed by atoms with Crippen LogP contribution >= 0.6 is 0 Å². The Kier molecular flexibility index (Phi) is 4.07. The van der Waals surface area contributed by atoms with Gasteiger partial charge in [-0.1, -0.05) is 20.3 Å². The molecule has 0 bridgehead atoms. The van der Waals surface area contributed by atoms with E-state index in [0.29, 0.717) is 6.10 Å². The van der Waals surface area contributed by atoms with Crippen LogP contribution in [0.1, 0.15) is 46.5 Å². The Balaban J connectivity index is 1.95. The van der Waals surface area contributed by atoms with Crippen LogP contribution in [-0.4, -0.2) is 12.7 Å². The summed E-state index contributed by atoms with van der Waals surface area (Å²) in [6, 6.07) is 0. The summed E-state index contributed by atoms with van der Waals surface area (Å²) < 4.78 is 5.65. The lowest BCUT2D eigenvalue weighted by atomic mass is 9.73. The fraction of sp³-hybridized carbons (Fsp3) is 1.00. The maximum absolute atomic E-state index is 5.65. The van der Waals surface area contributed by atoms with Gasteiger partial charge >= 0.3 is 0 Å². The van der Waals surface area contributed by atoms with Crippen molar-refractivity contribution in [1.29, 1.82) is 0 Å². The van der Waals surface area contributed by atoms with Gasteiger partial charge in [-0.2, -0.15) is 0 Å². The summed E-state index contributed by atoms with van der Waals surface area (Å²) >= 11 is 0. The van der Waals surface area contributed by atoms with Crippen molar-refractivity contribution >= 4 is 0 Å². The van der Waals surface area contributed by atoms with Gasteiger partial charge in [0.25, 0.3) is 0 Å². The molecule has 0 N–H and O–H groups in total. The molecule has 1 aliphatic carbocycles. The molecule has 0 aromatic rings. The lowest BCUT2D eigenvalue weighted by Crippen LogP contribution is -2.24. The quantitative estimate of drug-likeness (QED) is 0.615. The number of rotatable bonds is 5. The molecule has 0 aliphatic heterocycles. The maximum atomic E-state index is 5.65. The summed E-state index contributed by atoms with van der Waals surface area (Å²) in [5.74, 6) is 1.93. The van der Waals surface area contributed by atoms with E-state index in [4.69, 9.17) is 4.74 Å². The van der Waals surface area contributed by atoms with Gasteiger partial charge in [0.2, 0.25) is 0 Å². The Morgan fingerprint density at radius 2 is 2.17 bits per heavy atom. The zero-order valence-corrected chi connectivity index (χ0v) is 8.68.